The summed E-state index contributed by atoms with van der Waals surface area (Å²) >= 11 is 0. The Morgan fingerprint density at radius 2 is 2.08 bits per heavy atom. The third-order valence-electron chi connectivity index (χ3n) is 4.60. The number of methoxy groups -OCH3 is 1. The van der Waals surface area contributed by atoms with E-state index in [1.807, 2.05) is 24.4 Å². The Morgan fingerprint density at radius 3 is 2.83 bits per heavy atom. The number of fused-ring (bicyclic) bond motifs is 1. The number of aromatic nitrogens is 1. The number of urea groups is 1. The molecule has 2 amide bonds. The van der Waals surface area contributed by atoms with Crippen molar-refractivity contribution in [2.75, 3.05) is 19.0 Å². The minimum atomic E-state index is -0.214. The van der Waals surface area contributed by atoms with Gasteiger partial charge in [0.25, 0.3) is 0 Å². The summed E-state index contributed by atoms with van der Waals surface area (Å²) in [6.45, 7) is 1.43. The molecule has 6 nitrogen and oxygen atoms in total. The summed E-state index contributed by atoms with van der Waals surface area (Å²) < 4.78 is 7.25. The number of rotatable bonds is 5. The first-order valence-corrected chi connectivity index (χ1v) is 8.49. The van der Waals surface area contributed by atoms with Gasteiger partial charge in [-0.2, -0.15) is 0 Å². The van der Waals surface area contributed by atoms with E-state index < -0.39 is 0 Å². The van der Waals surface area contributed by atoms with Crippen molar-refractivity contribution in [3.63, 3.8) is 0 Å². The number of nitrogens with zero attached hydrogens (tertiary/aromatic N) is 1. The summed E-state index contributed by atoms with van der Waals surface area (Å²) in [6, 6.07) is 7.91. The van der Waals surface area contributed by atoms with Crippen LogP contribution in [0.3, 0.4) is 0 Å². The molecule has 0 radical (unpaired) electrons. The van der Waals surface area contributed by atoms with Crippen molar-refractivity contribution in [3.05, 3.63) is 30.5 Å². The summed E-state index contributed by atoms with van der Waals surface area (Å²) in [5, 5.41) is 16.6. The van der Waals surface area contributed by atoms with Crippen LogP contribution in [0.25, 0.3) is 10.9 Å². The molecule has 6 heteroatoms. The largest absolute Gasteiger partial charge is 0.393 e. The van der Waals surface area contributed by atoms with Crippen LogP contribution in [0.15, 0.2) is 30.5 Å². The molecule has 130 valence electrons. The first kappa shape index (κ1) is 16.8. The standard InChI is InChI=1S/C18H25N3O3/c1-24-11-10-21-9-8-13-2-3-15(12-17(13)21)20-18(23)19-14-4-6-16(22)7-5-14/h2-3,8-9,12,14,16,22H,4-7,10-11H2,1H3,(H2,19,20,23). The second-order valence-electron chi connectivity index (χ2n) is 6.38. The fraction of sp³-hybridized carbons (Fsp3) is 0.500. The molecule has 0 unspecified atom stereocenters. The Bertz CT molecular complexity index is 690. The van der Waals surface area contributed by atoms with Gasteiger partial charge in [0.05, 0.1) is 18.2 Å². The Kier molecular flexibility index (Phi) is 5.37. The zero-order valence-electron chi connectivity index (χ0n) is 14.0. The van der Waals surface area contributed by atoms with Crippen LogP contribution in [0.5, 0.6) is 0 Å². The zero-order chi connectivity index (χ0) is 16.9. The fourth-order valence-corrected chi connectivity index (χ4v) is 3.22. The molecule has 0 saturated heterocycles. The predicted octanol–water partition coefficient (Wildman–Crippen LogP) is 2.71. The van der Waals surface area contributed by atoms with Crippen molar-refractivity contribution in [1.82, 2.24) is 9.88 Å². The molecular formula is C18H25N3O3. The number of hydrogen-bond donors (Lipinski definition) is 3. The first-order valence-electron chi connectivity index (χ1n) is 8.49. The Labute approximate surface area is 141 Å². The molecule has 3 N–H and O–H groups in total. The van der Waals surface area contributed by atoms with Gasteiger partial charge in [0.2, 0.25) is 0 Å². The third-order valence-corrected chi connectivity index (χ3v) is 4.60. The van der Waals surface area contributed by atoms with E-state index in [0.717, 1.165) is 48.8 Å². The summed E-state index contributed by atoms with van der Waals surface area (Å²) in [5.74, 6) is 0. The van der Waals surface area contributed by atoms with E-state index in [1.54, 1.807) is 7.11 Å². The highest BCUT2D eigenvalue weighted by Crippen LogP contribution is 2.21. The molecule has 1 aliphatic rings. The molecule has 2 aromatic rings. The number of carbonyl (C=O) groups excluding carboxylic acids is 1. The van der Waals surface area contributed by atoms with Gasteiger partial charge < -0.3 is 25.0 Å². The van der Waals surface area contributed by atoms with Crippen LogP contribution in [-0.2, 0) is 11.3 Å². The summed E-state index contributed by atoms with van der Waals surface area (Å²) in [6.07, 6.45) is 4.98. The van der Waals surface area contributed by atoms with Crippen LogP contribution in [0, 0.1) is 0 Å². The van der Waals surface area contributed by atoms with Crippen LogP contribution >= 0.6 is 0 Å². The minimum Gasteiger partial charge on any atom is -0.393 e. The summed E-state index contributed by atoms with van der Waals surface area (Å²) in [4.78, 5) is 12.2. The fourth-order valence-electron chi connectivity index (χ4n) is 3.22. The zero-order valence-corrected chi connectivity index (χ0v) is 14.0. The lowest BCUT2D eigenvalue weighted by atomic mass is 9.93. The molecule has 1 aliphatic carbocycles. The van der Waals surface area contributed by atoms with E-state index in [2.05, 4.69) is 21.3 Å². The van der Waals surface area contributed by atoms with Crippen molar-refractivity contribution in [1.29, 1.82) is 0 Å². The van der Waals surface area contributed by atoms with Gasteiger partial charge in [-0.1, -0.05) is 6.07 Å². The Balaban J connectivity index is 1.62. The van der Waals surface area contributed by atoms with Crippen molar-refractivity contribution in [2.24, 2.45) is 0 Å². The molecule has 0 atom stereocenters. The smallest absolute Gasteiger partial charge is 0.319 e. The third kappa shape index (κ3) is 4.07. The molecule has 1 saturated carbocycles. The maximum atomic E-state index is 12.2. The molecule has 1 aromatic heterocycles. The van der Waals surface area contributed by atoms with Gasteiger partial charge in [-0.05, 0) is 49.3 Å². The van der Waals surface area contributed by atoms with Crippen LogP contribution < -0.4 is 10.6 Å². The number of aliphatic hydroxyl groups is 1. The van der Waals surface area contributed by atoms with Gasteiger partial charge >= 0.3 is 6.03 Å². The lowest BCUT2D eigenvalue weighted by Gasteiger charge is -2.26. The Morgan fingerprint density at radius 1 is 1.29 bits per heavy atom. The number of benzene rings is 1. The number of hydrogen-bond acceptors (Lipinski definition) is 3. The maximum Gasteiger partial charge on any atom is 0.319 e. The topological polar surface area (TPSA) is 75.5 Å². The highest BCUT2D eigenvalue weighted by molar-refractivity contribution is 5.93. The average Bonchev–Trinajstić information content (AvgIpc) is 2.97. The molecule has 24 heavy (non-hydrogen) atoms. The van der Waals surface area contributed by atoms with E-state index in [4.69, 9.17) is 4.74 Å². The highest BCUT2D eigenvalue weighted by Gasteiger charge is 2.20. The minimum absolute atomic E-state index is 0.141. The number of ether oxygens (including phenoxy) is 1. The Hall–Kier alpha value is -2.05. The second kappa shape index (κ2) is 7.68. The van der Waals surface area contributed by atoms with Gasteiger partial charge in [-0.3, -0.25) is 0 Å². The van der Waals surface area contributed by atoms with Crippen LogP contribution in [0.4, 0.5) is 10.5 Å². The maximum absolute atomic E-state index is 12.2. The predicted molar refractivity (Wildman–Crippen MR) is 94.2 cm³/mol. The van der Waals surface area contributed by atoms with Crippen molar-refractivity contribution < 1.29 is 14.6 Å². The van der Waals surface area contributed by atoms with E-state index in [-0.39, 0.29) is 18.2 Å². The lowest BCUT2D eigenvalue weighted by Crippen LogP contribution is -2.40. The van der Waals surface area contributed by atoms with Gasteiger partial charge in [0.1, 0.15) is 0 Å². The van der Waals surface area contributed by atoms with Gasteiger partial charge in [-0.15, -0.1) is 0 Å². The number of aliphatic hydroxyl groups excluding tert-OH is 1. The monoisotopic (exact) mass is 331 g/mol. The first-order chi connectivity index (χ1) is 11.7. The van der Waals surface area contributed by atoms with Crippen LogP contribution in [-0.4, -0.2) is 41.6 Å². The molecule has 1 heterocycles. The number of anilines is 1. The molecule has 0 bridgehead atoms. The molecule has 0 spiro atoms. The number of carbonyl (C=O) groups is 1. The summed E-state index contributed by atoms with van der Waals surface area (Å²) in [7, 11) is 1.69. The normalized spacial score (nSPS) is 20.9. The van der Waals surface area contributed by atoms with E-state index in [9.17, 15) is 9.90 Å². The molecule has 0 aliphatic heterocycles. The number of amides is 2. The van der Waals surface area contributed by atoms with Gasteiger partial charge in [-0.25, -0.2) is 4.79 Å². The van der Waals surface area contributed by atoms with E-state index in [0.29, 0.717) is 6.61 Å². The molecule has 3 rings (SSSR count). The molecule has 1 fully saturated rings. The van der Waals surface area contributed by atoms with Gasteiger partial charge in [0.15, 0.2) is 0 Å². The quantitative estimate of drug-likeness (QED) is 0.788. The van der Waals surface area contributed by atoms with Crippen LogP contribution in [0.2, 0.25) is 0 Å². The lowest BCUT2D eigenvalue weighted by molar-refractivity contribution is 0.118. The summed E-state index contributed by atoms with van der Waals surface area (Å²) in [5.41, 5.74) is 1.85. The van der Waals surface area contributed by atoms with E-state index in [1.165, 1.54) is 0 Å². The van der Waals surface area contributed by atoms with Crippen molar-refractivity contribution in [2.45, 2.75) is 44.4 Å². The second-order valence-corrected chi connectivity index (χ2v) is 6.38. The highest BCUT2D eigenvalue weighted by atomic mass is 16.5. The van der Waals surface area contributed by atoms with Crippen LogP contribution in [0.1, 0.15) is 25.7 Å². The molecule has 1 aromatic carbocycles. The van der Waals surface area contributed by atoms with Gasteiger partial charge in [0, 0.05) is 31.6 Å². The average molecular weight is 331 g/mol. The number of nitrogens with one attached hydrogen (secondary N) is 2. The molecular weight excluding hydrogens is 306 g/mol. The van der Waals surface area contributed by atoms with Crippen molar-refractivity contribution in [3.8, 4) is 0 Å². The van der Waals surface area contributed by atoms with Crippen molar-refractivity contribution >= 4 is 22.6 Å². The van der Waals surface area contributed by atoms with E-state index >= 15 is 0 Å². The SMILES string of the molecule is COCCn1ccc2ccc(NC(=O)NC3CCC(O)CC3)cc21.